The van der Waals surface area contributed by atoms with Gasteiger partial charge in [0.2, 0.25) is 0 Å². The summed E-state index contributed by atoms with van der Waals surface area (Å²) in [6.07, 6.45) is 0.705. The summed E-state index contributed by atoms with van der Waals surface area (Å²) in [7, 11) is 0. The third kappa shape index (κ3) is 1.98. The minimum absolute atomic E-state index is 0.189. The van der Waals surface area contributed by atoms with Crippen LogP contribution >= 0.6 is 0 Å². The fourth-order valence-corrected chi connectivity index (χ4v) is 3.18. The van der Waals surface area contributed by atoms with E-state index < -0.39 is 0 Å². The fraction of sp³-hybridized carbons (Fsp3) is 0.100. The number of fused-ring (bicyclic) bond motifs is 4. The highest BCUT2D eigenvalue weighted by Gasteiger charge is 2.05. The van der Waals surface area contributed by atoms with E-state index in [1.807, 2.05) is 0 Å². The third-order valence-corrected chi connectivity index (χ3v) is 4.22. The first-order chi connectivity index (χ1) is 10.4. The van der Waals surface area contributed by atoms with Crippen LogP contribution in [-0.4, -0.2) is 11.7 Å². The molecule has 4 aromatic carbocycles. The van der Waals surface area contributed by atoms with Gasteiger partial charge < -0.3 is 5.11 Å². The first-order valence-corrected chi connectivity index (χ1v) is 7.31. The van der Waals surface area contributed by atoms with Gasteiger partial charge in [-0.05, 0) is 56.4 Å². The van der Waals surface area contributed by atoms with E-state index in [1.165, 1.54) is 37.9 Å². The van der Waals surface area contributed by atoms with Gasteiger partial charge in [0.05, 0.1) is 0 Å². The maximum Gasteiger partial charge on any atom is 0.0471 e. The Labute approximate surface area is 123 Å². The van der Waals surface area contributed by atoms with Crippen molar-refractivity contribution in [3.63, 3.8) is 0 Å². The standard InChI is InChI=1S/C20H16O/c21-11-10-15-5-3-6-16-13-20-17(12-19(15)16)9-8-14-4-1-2-7-18(14)20/h1-9,12-13,21H,10-11H2. The average Bonchev–Trinajstić information content (AvgIpc) is 2.54. The van der Waals surface area contributed by atoms with E-state index in [9.17, 15) is 5.11 Å². The third-order valence-electron chi connectivity index (χ3n) is 4.22. The molecule has 0 atom stereocenters. The van der Waals surface area contributed by atoms with E-state index in [-0.39, 0.29) is 6.61 Å². The first-order valence-electron chi connectivity index (χ1n) is 7.31. The van der Waals surface area contributed by atoms with E-state index in [1.54, 1.807) is 0 Å². The molecule has 0 saturated carbocycles. The van der Waals surface area contributed by atoms with Crippen molar-refractivity contribution in [3.05, 3.63) is 72.3 Å². The second-order valence-corrected chi connectivity index (χ2v) is 5.47. The van der Waals surface area contributed by atoms with Gasteiger partial charge in [0.15, 0.2) is 0 Å². The number of aliphatic hydroxyl groups is 1. The molecule has 0 unspecified atom stereocenters. The first kappa shape index (κ1) is 12.4. The van der Waals surface area contributed by atoms with Gasteiger partial charge >= 0.3 is 0 Å². The van der Waals surface area contributed by atoms with Crippen molar-refractivity contribution >= 4 is 32.3 Å². The maximum atomic E-state index is 9.23. The van der Waals surface area contributed by atoms with Gasteiger partial charge in [-0.1, -0.05) is 54.6 Å². The topological polar surface area (TPSA) is 20.2 Å². The predicted octanol–water partition coefficient (Wildman–Crippen LogP) is 4.68. The summed E-state index contributed by atoms with van der Waals surface area (Å²) in [6, 6.07) is 23.7. The molecule has 4 aromatic rings. The zero-order chi connectivity index (χ0) is 14.2. The van der Waals surface area contributed by atoms with Crippen molar-refractivity contribution in [2.24, 2.45) is 0 Å². The van der Waals surface area contributed by atoms with Gasteiger partial charge in [-0.15, -0.1) is 0 Å². The second kappa shape index (κ2) is 4.87. The van der Waals surface area contributed by atoms with Crippen molar-refractivity contribution in [1.29, 1.82) is 0 Å². The molecule has 0 saturated heterocycles. The van der Waals surface area contributed by atoms with Crippen molar-refractivity contribution in [2.45, 2.75) is 6.42 Å². The molecule has 0 heterocycles. The number of hydrogen-bond donors (Lipinski definition) is 1. The van der Waals surface area contributed by atoms with Crippen molar-refractivity contribution < 1.29 is 5.11 Å². The molecule has 0 radical (unpaired) electrons. The Kier molecular flexibility index (Phi) is 2.87. The summed E-state index contributed by atoms with van der Waals surface area (Å²) in [5, 5.41) is 16.8. The van der Waals surface area contributed by atoms with Gasteiger partial charge in [0.25, 0.3) is 0 Å². The average molecular weight is 272 g/mol. The summed E-state index contributed by atoms with van der Waals surface area (Å²) in [5.74, 6) is 0. The molecule has 0 fully saturated rings. The van der Waals surface area contributed by atoms with E-state index in [0.717, 1.165) is 0 Å². The molecular weight excluding hydrogens is 256 g/mol. The molecule has 1 N–H and O–H groups in total. The molecule has 0 amide bonds. The lowest BCUT2D eigenvalue weighted by molar-refractivity contribution is 0.300. The zero-order valence-corrected chi connectivity index (χ0v) is 11.7. The Morgan fingerprint density at radius 1 is 0.619 bits per heavy atom. The minimum atomic E-state index is 0.189. The Balaban J connectivity index is 2.12. The highest BCUT2D eigenvalue weighted by atomic mass is 16.2. The quantitative estimate of drug-likeness (QED) is 0.415. The molecular formula is C20H16O. The maximum absolute atomic E-state index is 9.23. The molecule has 0 bridgehead atoms. The minimum Gasteiger partial charge on any atom is -0.396 e. The molecule has 1 heteroatoms. The SMILES string of the molecule is OCCc1cccc2cc3c(ccc4ccccc43)cc12. The van der Waals surface area contributed by atoms with Crippen LogP contribution in [0.4, 0.5) is 0 Å². The molecule has 0 spiro atoms. The summed E-state index contributed by atoms with van der Waals surface area (Å²) in [4.78, 5) is 0. The molecule has 21 heavy (non-hydrogen) atoms. The van der Waals surface area contributed by atoms with Crippen LogP contribution in [0.15, 0.2) is 66.7 Å². The Bertz CT molecular complexity index is 954. The van der Waals surface area contributed by atoms with Gasteiger partial charge in [0.1, 0.15) is 0 Å². The van der Waals surface area contributed by atoms with E-state index >= 15 is 0 Å². The monoisotopic (exact) mass is 272 g/mol. The highest BCUT2D eigenvalue weighted by molar-refractivity contribution is 6.12. The van der Waals surface area contributed by atoms with E-state index in [2.05, 4.69) is 66.7 Å². The van der Waals surface area contributed by atoms with Gasteiger partial charge in [-0.25, -0.2) is 0 Å². The second-order valence-electron chi connectivity index (χ2n) is 5.47. The summed E-state index contributed by atoms with van der Waals surface area (Å²) in [6.45, 7) is 0.189. The lowest BCUT2D eigenvalue weighted by Gasteiger charge is -2.09. The summed E-state index contributed by atoms with van der Waals surface area (Å²) in [5.41, 5.74) is 1.21. The van der Waals surface area contributed by atoms with Crippen LogP contribution < -0.4 is 0 Å². The fourth-order valence-electron chi connectivity index (χ4n) is 3.18. The number of rotatable bonds is 2. The van der Waals surface area contributed by atoms with Crippen LogP contribution in [0.25, 0.3) is 32.3 Å². The zero-order valence-electron chi connectivity index (χ0n) is 11.7. The largest absolute Gasteiger partial charge is 0.396 e. The van der Waals surface area contributed by atoms with Crippen molar-refractivity contribution in [2.75, 3.05) is 6.61 Å². The van der Waals surface area contributed by atoms with Crippen LogP contribution in [0.1, 0.15) is 5.56 Å². The molecule has 102 valence electrons. The smallest absolute Gasteiger partial charge is 0.0471 e. The van der Waals surface area contributed by atoms with Gasteiger partial charge in [-0.2, -0.15) is 0 Å². The lowest BCUT2D eigenvalue weighted by Crippen LogP contribution is -1.92. The van der Waals surface area contributed by atoms with Gasteiger partial charge in [-0.3, -0.25) is 0 Å². The van der Waals surface area contributed by atoms with Crippen LogP contribution in [-0.2, 0) is 6.42 Å². The van der Waals surface area contributed by atoms with Crippen LogP contribution in [0.5, 0.6) is 0 Å². The van der Waals surface area contributed by atoms with E-state index in [4.69, 9.17) is 0 Å². The van der Waals surface area contributed by atoms with Crippen LogP contribution in [0, 0.1) is 0 Å². The number of benzene rings is 4. The normalized spacial score (nSPS) is 11.5. The van der Waals surface area contributed by atoms with Crippen molar-refractivity contribution in [1.82, 2.24) is 0 Å². The Morgan fingerprint density at radius 2 is 1.33 bits per heavy atom. The number of aliphatic hydroxyl groups excluding tert-OH is 1. The van der Waals surface area contributed by atoms with Gasteiger partial charge in [0, 0.05) is 6.61 Å². The Hall–Kier alpha value is -2.38. The molecule has 0 aliphatic rings. The molecule has 1 nitrogen and oxygen atoms in total. The highest BCUT2D eigenvalue weighted by Crippen LogP contribution is 2.30. The summed E-state index contributed by atoms with van der Waals surface area (Å²) >= 11 is 0. The van der Waals surface area contributed by atoms with E-state index in [0.29, 0.717) is 6.42 Å². The van der Waals surface area contributed by atoms with Crippen LogP contribution in [0.2, 0.25) is 0 Å². The molecule has 0 aliphatic carbocycles. The molecule has 0 aliphatic heterocycles. The predicted molar refractivity (Wildman–Crippen MR) is 89.7 cm³/mol. The summed E-state index contributed by atoms with van der Waals surface area (Å²) < 4.78 is 0. The number of hydrogen-bond acceptors (Lipinski definition) is 1. The molecule has 4 rings (SSSR count). The lowest BCUT2D eigenvalue weighted by atomic mass is 9.95. The molecule has 0 aromatic heterocycles. The van der Waals surface area contributed by atoms with Crippen LogP contribution in [0.3, 0.4) is 0 Å². The van der Waals surface area contributed by atoms with Crippen molar-refractivity contribution in [3.8, 4) is 0 Å². The Morgan fingerprint density at radius 3 is 2.24 bits per heavy atom.